The lowest BCUT2D eigenvalue weighted by atomic mass is 9.89. The highest BCUT2D eigenvalue weighted by Crippen LogP contribution is 2.42. The van der Waals surface area contributed by atoms with Gasteiger partial charge in [-0.15, -0.1) is 0 Å². The fourth-order valence-electron chi connectivity index (χ4n) is 3.87. The first-order valence-corrected chi connectivity index (χ1v) is 9.77. The molecule has 7 nitrogen and oxygen atoms in total. The SMILES string of the molecule is CN=C(/C(=C\N)c1ccc2c(=O)[nH]nc(CN)c2c1)c1cccc(C2CC2)c1C#N. The van der Waals surface area contributed by atoms with Crippen molar-refractivity contribution in [3.8, 4) is 6.07 Å². The number of hydrogen-bond acceptors (Lipinski definition) is 6. The number of benzene rings is 2. The molecule has 1 saturated carbocycles. The van der Waals surface area contributed by atoms with Gasteiger partial charge in [0.15, 0.2) is 0 Å². The molecule has 0 aliphatic heterocycles. The Morgan fingerprint density at radius 2 is 2.13 bits per heavy atom. The number of hydrogen-bond donors (Lipinski definition) is 3. The van der Waals surface area contributed by atoms with Crippen molar-refractivity contribution in [1.29, 1.82) is 5.26 Å². The Labute approximate surface area is 173 Å². The number of H-pyrrole nitrogens is 1. The van der Waals surface area contributed by atoms with Crippen LogP contribution in [0.2, 0.25) is 0 Å². The van der Waals surface area contributed by atoms with Crippen LogP contribution in [0.25, 0.3) is 16.3 Å². The number of nitrogens with one attached hydrogen (secondary N) is 1. The average Bonchev–Trinajstić information content (AvgIpc) is 3.62. The van der Waals surface area contributed by atoms with E-state index in [1.54, 1.807) is 13.1 Å². The van der Waals surface area contributed by atoms with Crippen molar-refractivity contribution >= 4 is 22.1 Å². The Morgan fingerprint density at radius 1 is 1.33 bits per heavy atom. The van der Waals surface area contributed by atoms with E-state index in [4.69, 9.17) is 11.5 Å². The number of nitrogens with zero attached hydrogens (tertiary/aromatic N) is 3. The van der Waals surface area contributed by atoms with Crippen LogP contribution in [0, 0.1) is 11.3 Å². The third kappa shape index (κ3) is 3.27. The first-order valence-electron chi connectivity index (χ1n) is 9.77. The highest BCUT2D eigenvalue weighted by atomic mass is 16.1. The fraction of sp³-hybridized carbons (Fsp3) is 0.217. The molecule has 0 atom stereocenters. The summed E-state index contributed by atoms with van der Waals surface area (Å²) in [6.45, 7) is 0.190. The number of aliphatic imine (C=N–C) groups is 1. The van der Waals surface area contributed by atoms with E-state index < -0.39 is 0 Å². The van der Waals surface area contributed by atoms with Gasteiger partial charge in [0, 0.05) is 36.3 Å². The summed E-state index contributed by atoms with van der Waals surface area (Å²) >= 11 is 0. The Kier molecular flexibility index (Phi) is 5.17. The van der Waals surface area contributed by atoms with Gasteiger partial charge < -0.3 is 11.5 Å². The highest BCUT2D eigenvalue weighted by Gasteiger charge is 2.28. The molecule has 1 fully saturated rings. The number of nitriles is 1. The molecule has 0 bridgehead atoms. The van der Waals surface area contributed by atoms with Crippen LogP contribution < -0.4 is 17.0 Å². The number of aromatic nitrogens is 2. The van der Waals surface area contributed by atoms with Gasteiger partial charge in [-0.05, 0) is 42.0 Å². The lowest BCUT2D eigenvalue weighted by molar-refractivity contribution is 0.900. The zero-order valence-electron chi connectivity index (χ0n) is 16.6. The van der Waals surface area contributed by atoms with Crippen LogP contribution in [0.5, 0.6) is 0 Å². The molecular weight excluding hydrogens is 376 g/mol. The topological polar surface area (TPSA) is 134 Å². The standard InChI is InChI=1S/C23H22N6O/c1-27-22(16-4-2-3-15(13-5-6-13)20(16)11-25)19(10-24)14-7-8-17-18(9-14)21(12-26)28-29-23(17)30/h2-4,7-10,13H,5-6,12,24,26H2,1H3,(H,29,30)/b19-10-,27-22?. The van der Waals surface area contributed by atoms with E-state index in [0.29, 0.717) is 39.2 Å². The van der Waals surface area contributed by atoms with E-state index in [1.807, 2.05) is 30.3 Å². The van der Waals surface area contributed by atoms with Crippen LogP contribution in [0.3, 0.4) is 0 Å². The van der Waals surface area contributed by atoms with E-state index in [1.165, 1.54) is 6.20 Å². The minimum absolute atomic E-state index is 0.190. The molecule has 0 saturated heterocycles. The fourth-order valence-corrected chi connectivity index (χ4v) is 3.87. The second-order valence-corrected chi connectivity index (χ2v) is 7.27. The number of rotatable bonds is 5. The molecule has 1 heterocycles. The third-order valence-electron chi connectivity index (χ3n) is 5.50. The molecule has 0 amide bonds. The van der Waals surface area contributed by atoms with Crippen LogP contribution in [-0.2, 0) is 6.54 Å². The first kappa shape index (κ1) is 19.6. The molecule has 4 rings (SSSR count). The maximum absolute atomic E-state index is 12.1. The molecule has 7 heteroatoms. The summed E-state index contributed by atoms with van der Waals surface area (Å²) < 4.78 is 0. The van der Waals surface area contributed by atoms with Gasteiger partial charge in [-0.2, -0.15) is 10.4 Å². The van der Waals surface area contributed by atoms with Crippen molar-refractivity contribution in [2.24, 2.45) is 16.5 Å². The van der Waals surface area contributed by atoms with Gasteiger partial charge >= 0.3 is 0 Å². The van der Waals surface area contributed by atoms with Gasteiger partial charge in [-0.3, -0.25) is 9.79 Å². The molecule has 0 unspecified atom stereocenters. The summed E-state index contributed by atoms with van der Waals surface area (Å²) in [6, 6.07) is 13.6. The molecule has 150 valence electrons. The molecule has 1 aromatic heterocycles. The molecule has 2 aromatic carbocycles. The smallest absolute Gasteiger partial charge is 0.272 e. The maximum atomic E-state index is 12.1. The average molecular weight is 398 g/mol. The predicted molar refractivity (Wildman–Crippen MR) is 118 cm³/mol. The van der Waals surface area contributed by atoms with E-state index >= 15 is 0 Å². The Hall–Kier alpha value is -3.76. The minimum Gasteiger partial charge on any atom is -0.404 e. The number of nitrogens with two attached hydrogens (primary N) is 2. The van der Waals surface area contributed by atoms with E-state index in [9.17, 15) is 10.1 Å². The monoisotopic (exact) mass is 398 g/mol. The molecule has 0 radical (unpaired) electrons. The summed E-state index contributed by atoms with van der Waals surface area (Å²) in [5.41, 5.74) is 16.7. The zero-order valence-corrected chi connectivity index (χ0v) is 16.6. The van der Waals surface area contributed by atoms with Crippen LogP contribution >= 0.6 is 0 Å². The van der Waals surface area contributed by atoms with Gasteiger partial charge in [0.1, 0.15) is 6.07 Å². The lowest BCUT2D eigenvalue weighted by Gasteiger charge is -2.15. The summed E-state index contributed by atoms with van der Waals surface area (Å²) in [6.07, 6.45) is 3.69. The summed E-state index contributed by atoms with van der Waals surface area (Å²) in [7, 11) is 1.68. The van der Waals surface area contributed by atoms with Crippen molar-refractivity contribution in [1.82, 2.24) is 10.2 Å². The van der Waals surface area contributed by atoms with Gasteiger partial charge in [-0.1, -0.05) is 24.3 Å². The quantitative estimate of drug-likeness (QED) is 0.568. The van der Waals surface area contributed by atoms with Crippen LogP contribution in [0.4, 0.5) is 0 Å². The van der Waals surface area contributed by atoms with Crippen molar-refractivity contribution < 1.29 is 0 Å². The molecule has 3 aromatic rings. The highest BCUT2D eigenvalue weighted by molar-refractivity contribution is 6.32. The van der Waals surface area contributed by atoms with Crippen LogP contribution in [0.15, 0.2) is 52.4 Å². The van der Waals surface area contributed by atoms with Crippen molar-refractivity contribution in [3.05, 3.63) is 80.9 Å². The normalized spacial score (nSPS) is 14.7. The van der Waals surface area contributed by atoms with E-state index in [0.717, 1.165) is 29.5 Å². The molecule has 1 aliphatic rings. The number of fused-ring (bicyclic) bond motifs is 1. The molecule has 0 spiro atoms. The minimum atomic E-state index is -0.277. The van der Waals surface area contributed by atoms with Crippen LogP contribution in [0.1, 0.15) is 46.7 Å². The molecule has 5 N–H and O–H groups in total. The van der Waals surface area contributed by atoms with E-state index in [2.05, 4.69) is 21.3 Å². The summed E-state index contributed by atoms with van der Waals surface area (Å²) in [4.78, 5) is 16.6. The molecular formula is C23H22N6O. The van der Waals surface area contributed by atoms with E-state index in [-0.39, 0.29) is 12.1 Å². The Morgan fingerprint density at radius 3 is 2.77 bits per heavy atom. The largest absolute Gasteiger partial charge is 0.404 e. The third-order valence-corrected chi connectivity index (χ3v) is 5.50. The second-order valence-electron chi connectivity index (χ2n) is 7.27. The summed E-state index contributed by atoms with van der Waals surface area (Å²) in [5, 5.41) is 17.6. The van der Waals surface area contributed by atoms with Crippen molar-refractivity contribution in [3.63, 3.8) is 0 Å². The molecule has 30 heavy (non-hydrogen) atoms. The maximum Gasteiger partial charge on any atom is 0.272 e. The van der Waals surface area contributed by atoms with Crippen molar-refractivity contribution in [2.45, 2.75) is 25.3 Å². The van der Waals surface area contributed by atoms with Gasteiger partial charge in [-0.25, -0.2) is 5.10 Å². The predicted octanol–water partition coefficient (Wildman–Crippen LogP) is 2.55. The first-order chi connectivity index (χ1) is 14.6. The Bertz CT molecular complexity index is 1290. The number of allylic oxidation sites excluding steroid dienone is 1. The number of aromatic amines is 1. The lowest BCUT2D eigenvalue weighted by Crippen LogP contribution is -2.14. The zero-order chi connectivity index (χ0) is 21.3. The summed E-state index contributed by atoms with van der Waals surface area (Å²) in [5.74, 6) is 0.439. The Balaban J connectivity index is 1.88. The second kappa shape index (κ2) is 7.93. The van der Waals surface area contributed by atoms with Gasteiger partial charge in [0.25, 0.3) is 5.56 Å². The van der Waals surface area contributed by atoms with Gasteiger partial charge in [0.05, 0.1) is 22.4 Å². The van der Waals surface area contributed by atoms with Gasteiger partial charge in [0.2, 0.25) is 0 Å². The molecule has 1 aliphatic carbocycles. The van der Waals surface area contributed by atoms with Crippen LogP contribution in [-0.4, -0.2) is 23.0 Å². The van der Waals surface area contributed by atoms with Crippen molar-refractivity contribution in [2.75, 3.05) is 7.05 Å².